The zero-order valence-electron chi connectivity index (χ0n) is 23.8. The summed E-state index contributed by atoms with van der Waals surface area (Å²) in [6, 6.07) is 9.19. The third-order valence-corrected chi connectivity index (χ3v) is 8.67. The van der Waals surface area contributed by atoms with E-state index in [0.29, 0.717) is 0 Å². The summed E-state index contributed by atoms with van der Waals surface area (Å²) in [7, 11) is 0. The lowest BCUT2D eigenvalue weighted by molar-refractivity contribution is -0.341. The Hall–Kier alpha value is -3.24. The van der Waals surface area contributed by atoms with Crippen molar-refractivity contribution in [1.29, 1.82) is 0 Å². The van der Waals surface area contributed by atoms with Crippen LogP contribution in [0.1, 0.15) is 66.4 Å². The molecule has 2 bridgehead atoms. The van der Waals surface area contributed by atoms with Crippen molar-refractivity contribution in [1.82, 2.24) is 0 Å². The minimum absolute atomic E-state index is 0.113. The van der Waals surface area contributed by atoms with E-state index in [1.807, 2.05) is 44.2 Å². The fraction of sp³-hybridized carbons (Fsp3) is 0.600. The fourth-order valence-corrected chi connectivity index (χ4v) is 7.15. The molecule has 0 amide bonds. The van der Waals surface area contributed by atoms with Gasteiger partial charge >= 0.3 is 23.9 Å². The zero-order chi connectivity index (χ0) is 29.5. The Bertz CT molecular complexity index is 1190. The van der Waals surface area contributed by atoms with Gasteiger partial charge in [0.15, 0.2) is 5.60 Å². The number of hydrogen-bond donors (Lipinski definition) is 1. The molecular formula is C30H38O10. The molecule has 1 aliphatic heterocycles. The van der Waals surface area contributed by atoms with Crippen LogP contribution >= 0.6 is 0 Å². The molecule has 3 aliphatic rings. The largest absolute Gasteiger partial charge is 0.465 e. The molecule has 1 N–H and O–H groups in total. The maximum Gasteiger partial charge on any atom is 0.331 e. The number of fused-ring (bicyclic) bond motifs is 1. The van der Waals surface area contributed by atoms with E-state index in [-0.39, 0.29) is 19.3 Å². The Labute approximate surface area is 233 Å². The predicted octanol–water partition coefficient (Wildman–Crippen LogP) is 3.14. The monoisotopic (exact) mass is 558 g/mol. The van der Waals surface area contributed by atoms with Crippen molar-refractivity contribution >= 4 is 30.0 Å². The number of hydrogen-bond acceptors (Lipinski definition) is 10. The van der Waals surface area contributed by atoms with Crippen molar-refractivity contribution in [2.24, 2.45) is 11.3 Å². The second kappa shape index (κ2) is 10.6. The van der Waals surface area contributed by atoms with E-state index in [1.165, 1.54) is 26.8 Å². The van der Waals surface area contributed by atoms with Crippen molar-refractivity contribution in [3.63, 3.8) is 0 Å². The van der Waals surface area contributed by atoms with Crippen molar-refractivity contribution in [2.45, 2.75) is 95.9 Å². The molecule has 0 aromatic heterocycles. The Morgan fingerprint density at radius 2 is 1.60 bits per heavy atom. The number of carbonyl (C=O) groups is 4. The zero-order valence-corrected chi connectivity index (χ0v) is 23.8. The molecule has 1 aromatic rings. The lowest BCUT2D eigenvalue weighted by atomic mass is 9.47. The molecule has 7 atom stereocenters. The molecule has 1 aromatic carbocycles. The van der Waals surface area contributed by atoms with Gasteiger partial charge in [-0.05, 0) is 51.7 Å². The van der Waals surface area contributed by atoms with Gasteiger partial charge in [-0.15, -0.1) is 0 Å². The van der Waals surface area contributed by atoms with Crippen LogP contribution in [-0.2, 0) is 42.9 Å². The maximum atomic E-state index is 13.3. The minimum Gasteiger partial charge on any atom is -0.465 e. The molecule has 0 unspecified atom stereocenters. The van der Waals surface area contributed by atoms with Gasteiger partial charge in [-0.2, -0.15) is 0 Å². The standard InChI is InChI=1S/C30H38O10/c1-18(31)36-17-29-23(37-19(2)32)14-15-28(6,35)30(29)26(38-20(3)33)22(27(4,5)40-30)16-24(29)39-25(34)13-12-21-10-8-7-9-11-21/h7-13,22-24,26,35H,14-17H2,1-6H3/t22-,23+,24-,26-,28+,29+,30+/m1/s1. The first kappa shape index (κ1) is 29.7. The predicted molar refractivity (Wildman–Crippen MR) is 141 cm³/mol. The van der Waals surface area contributed by atoms with Crippen LogP contribution in [0.5, 0.6) is 0 Å². The van der Waals surface area contributed by atoms with E-state index in [2.05, 4.69) is 0 Å². The van der Waals surface area contributed by atoms with Crippen LogP contribution in [0.3, 0.4) is 0 Å². The molecule has 1 heterocycles. The lowest BCUT2D eigenvalue weighted by Gasteiger charge is -2.64. The van der Waals surface area contributed by atoms with Gasteiger partial charge in [0.2, 0.25) is 0 Å². The number of esters is 4. The van der Waals surface area contributed by atoms with Gasteiger partial charge in [-0.3, -0.25) is 14.4 Å². The molecule has 10 nitrogen and oxygen atoms in total. The van der Waals surface area contributed by atoms with Gasteiger partial charge < -0.3 is 28.8 Å². The summed E-state index contributed by atoms with van der Waals surface area (Å²) in [6.45, 7) is 8.50. The summed E-state index contributed by atoms with van der Waals surface area (Å²) in [5, 5.41) is 12.1. The Kier molecular flexibility index (Phi) is 7.90. The van der Waals surface area contributed by atoms with Crippen LogP contribution in [0, 0.1) is 11.3 Å². The van der Waals surface area contributed by atoms with Crippen LogP contribution in [-0.4, -0.2) is 70.7 Å². The number of aliphatic hydroxyl groups is 1. The summed E-state index contributed by atoms with van der Waals surface area (Å²) in [4.78, 5) is 50.2. The highest BCUT2D eigenvalue weighted by molar-refractivity contribution is 5.87. The molecular weight excluding hydrogens is 520 g/mol. The molecule has 2 saturated carbocycles. The van der Waals surface area contributed by atoms with E-state index < -0.39 is 76.9 Å². The van der Waals surface area contributed by atoms with Crippen LogP contribution in [0.4, 0.5) is 0 Å². The minimum atomic E-state index is -1.76. The molecule has 1 saturated heterocycles. The van der Waals surface area contributed by atoms with Gasteiger partial charge in [0.1, 0.15) is 30.3 Å². The second-order valence-corrected chi connectivity index (χ2v) is 11.7. The van der Waals surface area contributed by atoms with E-state index >= 15 is 0 Å². The number of benzene rings is 1. The summed E-state index contributed by atoms with van der Waals surface area (Å²) in [5.41, 5.74) is -5.23. The summed E-state index contributed by atoms with van der Waals surface area (Å²) in [5.74, 6) is -3.03. The average Bonchev–Trinajstić information content (AvgIpc) is 3.02. The van der Waals surface area contributed by atoms with E-state index in [4.69, 9.17) is 23.7 Å². The molecule has 3 fully saturated rings. The fourth-order valence-electron chi connectivity index (χ4n) is 7.15. The normalized spacial score (nSPS) is 35.9. The van der Waals surface area contributed by atoms with Gasteiger partial charge in [0, 0.05) is 32.8 Å². The Balaban J connectivity index is 1.91. The molecule has 4 rings (SSSR count). The van der Waals surface area contributed by atoms with Gasteiger partial charge in [0.25, 0.3) is 0 Å². The van der Waals surface area contributed by atoms with Crippen molar-refractivity contribution in [3.8, 4) is 0 Å². The molecule has 1 spiro atoms. The van der Waals surface area contributed by atoms with Crippen molar-refractivity contribution in [3.05, 3.63) is 42.0 Å². The number of carbonyl (C=O) groups excluding carboxylic acids is 4. The molecule has 218 valence electrons. The Morgan fingerprint density at radius 1 is 0.950 bits per heavy atom. The summed E-state index contributed by atoms with van der Waals surface area (Å²) in [6.07, 6.45) is 0.229. The van der Waals surface area contributed by atoms with Crippen molar-refractivity contribution < 1.29 is 48.0 Å². The smallest absolute Gasteiger partial charge is 0.331 e. The molecule has 2 aliphatic carbocycles. The van der Waals surface area contributed by atoms with Crippen molar-refractivity contribution in [2.75, 3.05) is 6.61 Å². The second-order valence-electron chi connectivity index (χ2n) is 11.7. The Morgan fingerprint density at radius 3 is 2.20 bits per heavy atom. The van der Waals surface area contributed by atoms with E-state index in [0.717, 1.165) is 5.56 Å². The van der Waals surface area contributed by atoms with E-state index in [1.54, 1.807) is 13.0 Å². The summed E-state index contributed by atoms with van der Waals surface area (Å²) >= 11 is 0. The van der Waals surface area contributed by atoms with Crippen LogP contribution in [0.2, 0.25) is 0 Å². The van der Waals surface area contributed by atoms with Crippen LogP contribution in [0.25, 0.3) is 6.08 Å². The third kappa shape index (κ3) is 4.92. The third-order valence-electron chi connectivity index (χ3n) is 8.67. The van der Waals surface area contributed by atoms with Gasteiger partial charge in [-0.1, -0.05) is 30.3 Å². The SMILES string of the molecule is CC(=O)OC[C@@]12[C@@H](OC(C)=O)CC[C@](C)(O)[C@]13OC(C)(C)[C@H](C[C@H]2OC(=O)C=Cc1ccccc1)[C@H]3OC(C)=O. The number of ether oxygens (including phenoxy) is 5. The van der Waals surface area contributed by atoms with Crippen LogP contribution in [0.15, 0.2) is 36.4 Å². The first-order valence-electron chi connectivity index (χ1n) is 13.5. The highest BCUT2D eigenvalue weighted by Crippen LogP contribution is 2.68. The number of rotatable bonds is 7. The highest BCUT2D eigenvalue weighted by atomic mass is 16.6. The maximum absolute atomic E-state index is 13.3. The quantitative estimate of drug-likeness (QED) is 0.302. The molecule has 10 heteroatoms. The van der Waals surface area contributed by atoms with E-state index in [9.17, 15) is 24.3 Å². The topological polar surface area (TPSA) is 135 Å². The van der Waals surface area contributed by atoms with Gasteiger partial charge in [-0.25, -0.2) is 4.79 Å². The van der Waals surface area contributed by atoms with Crippen LogP contribution < -0.4 is 0 Å². The molecule has 40 heavy (non-hydrogen) atoms. The first-order valence-corrected chi connectivity index (χ1v) is 13.5. The molecule has 0 radical (unpaired) electrons. The first-order chi connectivity index (χ1) is 18.7. The van der Waals surface area contributed by atoms with Gasteiger partial charge in [0.05, 0.1) is 11.2 Å². The summed E-state index contributed by atoms with van der Waals surface area (Å²) < 4.78 is 30.2. The highest BCUT2D eigenvalue weighted by Gasteiger charge is 2.84. The lowest BCUT2D eigenvalue weighted by Crippen LogP contribution is -2.81. The average molecular weight is 559 g/mol.